The van der Waals surface area contributed by atoms with Gasteiger partial charge in [0.15, 0.2) is 0 Å². The van der Waals surface area contributed by atoms with Crippen molar-refractivity contribution in [1.29, 1.82) is 0 Å². The predicted molar refractivity (Wildman–Crippen MR) is 74.1 cm³/mol. The van der Waals surface area contributed by atoms with Crippen molar-refractivity contribution in [2.24, 2.45) is 0 Å². The first kappa shape index (κ1) is 11.7. The molecule has 2 aromatic rings. The van der Waals surface area contributed by atoms with Gasteiger partial charge in [-0.3, -0.25) is 0 Å². The second-order valence-electron chi connectivity index (χ2n) is 5.01. The highest BCUT2D eigenvalue weighted by atomic mass is 15.0. The van der Waals surface area contributed by atoms with Gasteiger partial charge in [-0.2, -0.15) is 0 Å². The molecule has 0 saturated carbocycles. The molecule has 0 fully saturated rings. The van der Waals surface area contributed by atoms with Crippen LogP contribution in [0, 0.1) is 0 Å². The van der Waals surface area contributed by atoms with Crippen molar-refractivity contribution in [3.05, 3.63) is 30.3 Å². The van der Waals surface area contributed by atoms with Crippen LogP contribution in [-0.4, -0.2) is 10.5 Å². The third-order valence-electron chi connectivity index (χ3n) is 3.06. The molecule has 0 aliphatic carbocycles. The summed E-state index contributed by atoms with van der Waals surface area (Å²) in [6.07, 6.45) is 1.05. The van der Waals surface area contributed by atoms with Gasteiger partial charge in [-0.05, 0) is 50.6 Å². The van der Waals surface area contributed by atoms with Crippen molar-refractivity contribution < 1.29 is 0 Å². The first-order chi connectivity index (χ1) is 8.00. The van der Waals surface area contributed by atoms with Gasteiger partial charge in [0.25, 0.3) is 0 Å². The van der Waals surface area contributed by atoms with E-state index in [1.807, 2.05) is 30.3 Å². The third kappa shape index (κ3) is 2.67. The van der Waals surface area contributed by atoms with Crippen molar-refractivity contribution in [3.8, 4) is 0 Å². The monoisotopic (exact) mass is 229 g/mol. The quantitative estimate of drug-likeness (QED) is 0.793. The van der Waals surface area contributed by atoms with Crippen molar-refractivity contribution in [3.63, 3.8) is 0 Å². The molecule has 2 rings (SSSR count). The molecule has 3 nitrogen and oxygen atoms in total. The summed E-state index contributed by atoms with van der Waals surface area (Å²) in [5, 5.41) is 4.51. The highest BCUT2D eigenvalue weighted by Gasteiger charge is 2.14. The summed E-state index contributed by atoms with van der Waals surface area (Å²) in [5.41, 5.74) is 7.55. The second kappa shape index (κ2) is 4.24. The number of nitrogens with zero attached hydrogens (tertiary/aromatic N) is 1. The van der Waals surface area contributed by atoms with Crippen LogP contribution in [0.4, 0.5) is 11.5 Å². The lowest BCUT2D eigenvalue weighted by Crippen LogP contribution is -2.30. The molecule has 1 aromatic heterocycles. The number of fused-ring (bicyclic) bond motifs is 1. The normalized spacial score (nSPS) is 11.7. The first-order valence-corrected chi connectivity index (χ1v) is 5.95. The highest BCUT2D eigenvalue weighted by molar-refractivity contribution is 5.83. The molecule has 0 spiro atoms. The van der Waals surface area contributed by atoms with E-state index < -0.39 is 0 Å². The van der Waals surface area contributed by atoms with E-state index in [0.717, 1.165) is 28.8 Å². The van der Waals surface area contributed by atoms with Gasteiger partial charge in [-0.15, -0.1) is 0 Å². The number of pyridine rings is 1. The van der Waals surface area contributed by atoms with Crippen LogP contribution in [0.5, 0.6) is 0 Å². The molecule has 0 aliphatic rings. The molecule has 0 unspecified atom stereocenters. The number of nitrogens with two attached hydrogens (primary N) is 1. The number of nitrogens with one attached hydrogen (secondary N) is 1. The van der Waals surface area contributed by atoms with Gasteiger partial charge in [0, 0.05) is 16.6 Å². The Morgan fingerprint density at radius 1 is 1.24 bits per heavy atom. The van der Waals surface area contributed by atoms with Gasteiger partial charge in [0.05, 0.1) is 5.52 Å². The van der Waals surface area contributed by atoms with Crippen LogP contribution < -0.4 is 11.1 Å². The molecule has 0 radical (unpaired) electrons. The summed E-state index contributed by atoms with van der Waals surface area (Å²) >= 11 is 0. The summed E-state index contributed by atoms with van der Waals surface area (Å²) in [6.45, 7) is 6.50. The molecule has 0 bridgehead atoms. The Labute approximate surface area is 102 Å². The Balaban J connectivity index is 2.35. The van der Waals surface area contributed by atoms with Gasteiger partial charge in [0.1, 0.15) is 5.82 Å². The first-order valence-electron chi connectivity index (χ1n) is 5.95. The minimum Gasteiger partial charge on any atom is -0.399 e. The number of hydrogen-bond acceptors (Lipinski definition) is 3. The number of anilines is 2. The molecular formula is C14H19N3. The zero-order valence-corrected chi connectivity index (χ0v) is 10.6. The molecule has 0 atom stereocenters. The molecule has 90 valence electrons. The summed E-state index contributed by atoms with van der Waals surface area (Å²) in [7, 11) is 0. The number of nitrogen functional groups attached to an aromatic ring is 1. The second-order valence-corrected chi connectivity index (χ2v) is 5.01. The maximum atomic E-state index is 5.74. The number of rotatable bonds is 3. The third-order valence-corrected chi connectivity index (χ3v) is 3.06. The zero-order valence-electron chi connectivity index (χ0n) is 10.6. The summed E-state index contributed by atoms with van der Waals surface area (Å²) < 4.78 is 0. The zero-order chi connectivity index (χ0) is 12.5. The molecule has 1 aromatic carbocycles. The molecule has 3 N–H and O–H groups in total. The van der Waals surface area contributed by atoms with E-state index in [9.17, 15) is 0 Å². The van der Waals surface area contributed by atoms with Crippen LogP contribution in [0.15, 0.2) is 30.3 Å². The van der Waals surface area contributed by atoms with Crippen molar-refractivity contribution in [2.45, 2.75) is 32.7 Å². The summed E-state index contributed by atoms with van der Waals surface area (Å²) in [4.78, 5) is 4.58. The van der Waals surface area contributed by atoms with Gasteiger partial charge in [-0.1, -0.05) is 6.92 Å². The van der Waals surface area contributed by atoms with Crippen LogP contribution in [0.2, 0.25) is 0 Å². The number of aromatic nitrogens is 1. The molecule has 0 saturated heterocycles. The molecule has 0 amide bonds. The Morgan fingerprint density at radius 3 is 2.71 bits per heavy atom. The van der Waals surface area contributed by atoms with E-state index in [1.54, 1.807) is 0 Å². The Kier molecular flexibility index (Phi) is 2.92. The maximum Gasteiger partial charge on any atom is 0.127 e. The van der Waals surface area contributed by atoms with E-state index >= 15 is 0 Å². The van der Waals surface area contributed by atoms with Crippen molar-refractivity contribution >= 4 is 22.4 Å². The fourth-order valence-corrected chi connectivity index (χ4v) is 1.65. The number of benzene rings is 1. The van der Waals surface area contributed by atoms with Crippen molar-refractivity contribution in [1.82, 2.24) is 4.98 Å². The molecule has 0 aliphatic heterocycles. The van der Waals surface area contributed by atoms with Crippen molar-refractivity contribution in [2.75, 3.05) is 11.1 Å². The fourth-order valence-electron chi connectivity index (χ4n) is 1.65. The van der Waals surface area contributed by atoms with Crippen LogP contribution in [0.1, 0.15) is 27.2 Å². The lowest BCUT2D eigenvalue weighted by atomic mass is 10.0. The van der Waals surface area contributed by atoms with E-state index in [2.05, 4.69) is 31.1 Å². The van der Waals surface area contributed by atoms with E-state index in [1.165, 1.54) is 0 Å². The molecule has 1 heterocycles. The Hall–Kier alpha value is -1.77. The largest absolute Gasteiger partial charge is 0.399 e. The minimum absolute atomic E-state index is 0.0640. The van der Waals surface area contributed by atoms with Gasteiger partial charge in [0.2, 0.25) is 0 Å². The van der Waals surface area contributed by atoms with Gasteiger partial charge >= 0.3 is 0 Å². The average Bonchev–Trinajstić information content (AvgIpc) is 2.29. The standard InChI is InChI=1S/C14H19N3/c1-4-14(2,3)17-13-8-5-10-9-11(15)6-7-12(10)16-13/h5-9H,4,15H2,1-3H3,(H,16,17). The lowest BCUT2D eigenvalue weighted by Gasteiger charge is -2.25. The maximum absolute atomic E-state index is 5.74. The van der Waals surface area contributed by atoms with E-state index in [4.69, 9.17) is 5.73 Å². The van der Waals surface area contributed by atoms with E-state index in [0.29, 0.717) is 0 Å². The molecule has 3 heteroatoms. The topological polar surface area (TPSA) is 50.9 Å². The lowest BCUT2D eigenvalue weighted by molar-refractivity contribution is 0.545. The number of hydrogen-bond donors (Lipinski definition) is 2. The fraction of sp³-hybridized carbons (Fsp3) is 0.357. The van der Waals surface area contributed by atoms with Crippen LogP contribution in [0.25, 0.3) is 10.9 Å². The molecular weight excluding hydrogens is 210 g/mol. The van der Waals surface area contributed by atoms with Crippen LogP contribution in [0.3, 0.4) is 0 Å². The van der Waals surface area contributed by atoms with E-state index in [-0.39, 0.29) is 5.54 Å². The van der Waals surface area contributed by atoms with Crippen LogP contribution in [-0.2, 0) is 0 Å². The van der Waals surface area contributed by atoms with Gasteiger partial charge < -0.3 is 11.1 Å². The Bertz CT molecular complexity index is 532. The molecule has 17 heavy (non-hydrogen) atoms. The SMILES string of the molecule is CCC(C)(C)Nc1ccc2cc(N)ccc2n1. The van der Waals surface area contributed by atoms with Gasteiger partial charge in [-0.25, -0.2) is 4.98 Å². The average molecular weight is 229 g/mol. The van der Waals surface area contributed by atoms with Crippen LogP contribution >= 0.6 is 0 Å². The summed E-state index contributed by atoms with van der Waals surface area (Å²) in [5.74, 6) is 0.911. The summed E-state index contributed by atoms with van der Waals surface area (Å²) in [6, 6.07) is 9.82. The smallest absolute Gasteiger partial charge is 0.127 e. The Morgan fingerprint density at radius 2 is 2.00 bits per heavy atom. The minimum atomic E-state index is 0.0640. The highest BCUT2D eigenvalue weighted by Crippen LogP contribution is 2.21. The predicted octanol–water partition coefficient (Wildman–Crippen LogP) is 3.42.